The van der Waals surface area contributed by atoms with Crippen molar-refractivity contribution in [2.45, 2.75) is 44.8 Å². The van der Waals surface area contributed by atoms with Crippen LogP contribution in [0.15, 0.2) is 12.1 Å². The Morgan fingerprint density at radius 1 is 1.32 bits per heavy atom. The fourth-order valence-corrected chi connectivity index (χ4v) is 2.56. The number of hydrogen-bond donors (Lipinski definition) is 2. The van der Waals surface area contributed by atoms with E-state index < -0.39 is 11.7 Å². The van der Waals surface area contributed by atoms with Crippen LogP contribution in [0.2, 0.25) is 0 Å². The lowest BCUT2D eigenvalue weighted by atomic mass is 9.87. The second-order valence-corrected chi connectivity index (χ2v) is 5.28. The minimum Gasteiger partial charge on any atom is -0.384 e. The highest BCUT2D eigenvalue weighted by Gasteiger charge is 2.31. The van der Waals surface area contributed by atoms with Gasteiger partial charge in [-0.05, 0) is 30.9 Å². The Bertz CT molecular complexity index is 445. The van der Waals surface area contributed by atoms with Gasteiger partial charge in [0.05, 0.1) is 5.56 Å². The van der Waals surface area contributed by atoms with E-state index in [0.29, 0.717) is 5.92 Å². The molecule has 106 valence electrons. The van der Waals surface area contributed by atoms with Crippen LogP contribution in [-0.4, -0.2) is 11.0 Å². The van der Waals surface area contributed by atoms with Crippen LogP contribution in [0, 0.1) is 5.92 Å². The molecule has 19 heavy (non-hydrogen) atoms. The molecule has 1 fully saturated rings. The number of nitrogen functional groups attached to an aromatic ring is 1. The Hall–Kier alpha value is -1.46. The number of nitrogens with two attached hydrogens (primary N) is 1. The van der Waals surface area contributed by atoms with Crippen LogP contribution in [-0.2, 0) is 6.18 Å². The van der Waals surface area contributed by atoms with Crippen LogP contribution in [0.3, 0.4) is 0 Å². The van der Waals surface area contributed by atoms with Gasteiger partial charge in [-0.25, -0.2) is 4.98 Å². The van der Waals surface area contributed by atoms with Gasteiger partial charge in [-0.2, -0.15) is 13.2 Å². The van der Waals surface area contributed by atoms with E-state index in [1.165, 1.54) is 6.42 Å². The van der Waals surface area contributed by atoms with Gasteiger partial charge in [0.25, 0.3) is 0 Å². The highest BCUT2D eigenvalue weighted by Crippen LogP contribution is 2.32. The van der Waals surface area contributed by atoms with Gasteiger partial charge in [0.2, 0.25) is 0 Å². The van der Waals surface area contributed by atoms with Gasteiger partial charge in [-0.3, -0.25) is 0 Å². The average Bonchev–Trinajstić information content (AvgIpc) is 2.26. The minimum absolute atomic E-state index is 0.110. The molecule has 3 nitrogen and oxygen atoms in total. The van der Waals surface area contributed by atoms with Gasteiger partial charge in [0.1, 0.15) is 11.6 Å². The van der Waals surface area contributed by atoms with E-state index in [0.717, 1.165) is 31.4 Å². The fraction of sp³-hybridized carbons (Fsp3) is 0.615. The monoisotopic (exact) mass is 273 g/mol. The van der Waals surface area contributed by atoms with E-state index in [1.54, 1.807) is 0 Å². The molecule has 0 aliphatic heterocycles. The molecule has 2 unspecified atom stereocenters. The van der Waals surface area contributed by atoms with E-state index in [1.807, 2.05) is 0 Å². The molecule has 0 saturated heterocycles. The fourth-order valence-electron chi connectivity index (χ4n) is 2.56. The summed E-state index contributed by atoms with van der Waals surface area (Å²) >= 11 is 0. The van der Waals surface area contributed by atoms with Crippen molar-refractivity contribution in [1.82, 2.24) is 4.98 Å². The first kappa shape index (κ1) is 14.0. The van der Waals surface area contributed by atoms with E-state index in [9.17, 15) is 13.2 Å². The zero-order chi connectivity index (χ0) is 14.0. The Morgan fingerprint density at radius 2 is 2.05 bits per heavy atom. The maximum atomic E-state index is 12.7. The zero-order valence-electron chi connectivity index (χ0n) is 10.8. The molecular formula is C13H18F3N3. The molecule has 6 heteroatoms. The third kappa shape index (κ3) is 3.75. The van der Waals surface area contributed by atoms with E-state index >= 15 is 0 Å². The first-order valence-electron chi connectivity index (χ1n) is 6.46. The normalized spacial score (nSPS) is 24.2. The minimum atomic E-state index is -4.40. The highest BCUT2D eigenvalue weighted by molar-refractivity contribution is 5.48. The second-order valence-electron chi connectivity index (χ2n) is 5.28. The highest BCUT2D eigenvalue weighted by atomic mass is 19.4. The smallest absolute Gasteiger partial charge is 0.384 e. The summed E-state index contributed by atoms with van der Waals surface area (Å²) < 4.78 is 38.0. The van der Waals surface area contributed by atoms with Gasteiger partial charge in [-0.1, -0.05) is 19.8 Å². The molecule has 0 aromatic carbocycles. The lowest BCUT2D eigenvalue weighted by molar-refractivity contribution is -0.137. The summed E-state index contributed by atoms with van der Waals surface area (Å²) in [6.45, 7) is 2.15. The average molecular weight is 273 g/mol. The van der Waals surface area contributed by atoms with Crippen molar-refractivity contribution in [3.63, 3.8) is 0 Å². The summed E-state index contributed by atoms with van der Waals surface area (Å²) in [4.78, 5) is 3.93. The van der Waals surface area contributed by atoms with Gasteiger partial charge in [0.15, 0.2) is 0 Å². The molecule has 0 spiro atoms. The van der Waals surface area contributed by atoms with Crippen molar-refractivity contribution in [3.8, 4) is 0 Å². The van der Waals surface area contributed by atoms with E-state index in [-0.39, 0.29) is 17.7 Å². The summed E-state index contributed by atoms with van der Waals surface area (Å²) in [6.07, 6.45) is -0.211. The maximum absolute atomic E-state index is 12.7. The van der Waals surface area contributed by atoms with Crippen LogP contribution in [0.1, 0.15) is 38.2 Å². The molecular weight excluding hydrogens is 255 g/mol. The van der Waals surface area contributed by atoms with Crippen molar-refractivity contribution in [3.05, 3.63) is 17.7 Å². The third-order valence-corrected chi connectivity index (χ3v) is 3.46. The number of nitrogens with one attached hydrogen (secondary N) is 1. The Kier molecular flexibility index (Phi) is 3.87. The van der Waals surface area contributed by atoms with Crippen molar-refractivity contribution < 1.29 is 13.2 Å². The number of aromatic nitrogens is 1. The Morgan fingerprint density at radius 3 is 2.68 bits per heavy atom. The molecule has 0 bridgehead atoms. The molecule has 0 amide bonds. The first-order chi connectivity index (χ1) is 8.84. The molecule has 1 heterocycles. The summed E-state index contributed by atoms with van der Waals surface area (Å²) in [5, 5.41) is 3.07. The van der Waals surface area contributed by atoms with Crippen LogP contribution in [0.4, 0.5) is 24.8 Å². The van der Waals surface area contributed by atoms with Gasteiger partial charge in [0, 0.05) is 6.04 Å². The maximum Gasteiger partial charge on any atom is 0.416 e. The second kappa shape index (κ2) is 5.27. The molecule has 1 aromatic heterocycles. The zero-order valence-corrected chi connectivity index (χ0v) is 10.8. The molecule has 2 atom stereocenters. The topological polar surface area (TPSA) is 50.9 Å². The van der Waals surface area contributed by atoms with Crippen molar-refractivity contribution in [1.29, 1.82) is 0 Å². The third-order valence-electron chi connectivity index (χ3n) is 3.46. The number of halogens is 3. The number of pyridine rings is 1. The van der Waals surface area contributed by atoms with Gasteiger partial charge >= 0.3 is 6.18 Å². The Balaban J connectivity index is 2.14. The van der Waals surface area contributed by atoms with Crippen molar-refractivity contribution in [2.24, 2.45) is 5.92 Å². The molecule has 1 aliphatic carbocycles. The molecule has 1 aliphatic rings. The van der Waals surface area contributed by atoms with Crippen LogP contribution in [0.5, 0.6) is 0 Å². The van der Waals surface area contributed by atoms with Crippen LogP contribution < -0.4 is 11.1 Å². The first-order valence-corrected chi connectivity index (χ1v) is 6.46. The lowest BCUT2D eigenvalue weighted by Gasteiger charge is -2.28. The molecule has 0 radical (unpaired) electrons. The number of anilines is 2. The lowest BCUT2D eigenvalue weighted by Crippen LogP contribution is -2.27. The molecule has 1 aromatic rings. The largest absolute Gasteiger partial charge is 0.416 e. The van der Waals surface area contributed by atoms with Crippen LogP contribution in [0.25, 0.3) is 0 Å². The van der Waals surface area contributed by atoms with Gasteiger partial charge in [-0.15, -0.1) is 0 Å². The SMILES string of the molecule is CC1CCCC(Nc2cc(C(F)(F)F)cc(N)n2)C1. The predicted molar refractivity (Wildman–Crippen MR) is 68.7 cm³/mol. The number of hydrogen-bond acceptors (Lipinski definition) is 3. The number of alkyl halides is 3. The molecule has 3 N–H and O–H groups in total. The number of nitrogens with zero attached hydrogens (tertiary/aromatic N) is 1. The molecule has 1 saturated carbocycles. The van der Waals surface area contributed by atoms with Crippen LogP contribution >= 0.6 is 0 Å². The van der Waals surface area contributed by atoms with E-state index in [2.05, 4.69) is 17.2 Å². The summed E-state index contributed by atoms with van der Waals surface area (Å²) in [5.41, 5.74) is 4.68. The summed E-state index contributed by atoms with van der Waals surface area (Å²) in [7, 11) is 0. The predicted octanol–water partition coefficient (Wildman–Crippen LogP) is 3.67. The Labute approximate surface area is 110 Å². The standard InChI is InChI=1S/C13H18F3N3/c1-8-3-2-4-10(5-8)18-12-7-9(13(14,15)16)6-11(17)19-12/h6-8,10H,2-5H2,1H3,(H3,17,18,19). The summed E-state index contributed by atoms with van der Waals surface area (Å²) in [6, 6.07) is 2.06. The van der Waals surface area contributed by atoms with Crippen molar-refractivity contribution >= 4 is 11.6 Å². The molecule has 2 rings (SSSR count). The summed E-state index contributed by atoms with van der Waals surface area (Å²) in [5.74, 6) is 0.696. The number of rotatable bonds is 2. The van der Waals surface area contributed by atoms with Gasteiger partial charge < -0.3 is 11.1 Å². The quantitative estimate of drug-likeness (QED) is 0.864. The van der Waals surface area contributed by atoms with E-state index in [4.69, 9.17) is 5.73 Å². The van der Waals surface area contributed by atoms with Crippen molar-refractivity contribution in [2.75, 3.05) is 11.1 Å².